The highest BCUT2D eigenvalue weighted by molar-refractivity contribution is 5.43. The fourth-order valence-corrected chi connectivity index (χ4v) is 2.27. The van der Waals surface area contributed by atoms with Gasteiger partial charge in [0.2, 0.25) is 0 Å². The van der Waals surface area contributed by atoms with Crippen LogP contribution in [0.15, 0.2) is 47.7 Å². The Morgan fingerprint density at radius 1 is 1.28 bits per heavy atom. The first-order valence-electron chi connectivity index (χ1n) is 5.99. The molecule has 0 heterocycles. The molecule has 0 saturated heterocycles. The van der Waals surface area contributed by atoms with E-state index in [2.05, 4.69) is 12.6 Å². The maximum Gasteiger partial charge on any atom is 0.0991 e. The van der Waals surface area contributed by atoms with E-state index in [1.807, 2.05) is 12.1 Å². The first kappa shape index (κ1) is 12.4. The summed E-state index contributed by atoms with van der Waals surface area (Å²) in [6.07, 6.45) is 2.47. The molecule has 3 heteroatoms. The highest BCUT2D eigenvalue weighted by atomic mass is 16.3. The highest BCUT2D eigenvalue weighted by Gasteiger charge is 2.22. The van der Waals surface area contributed by atoms with Crippen molar-refractivity contribution in [2.75, 3.05) is 0 Å². The third-order valence-corrected chi connectivity index (χ3v) is 3.29. The van der Waals surface area contributed by atoms with Gasteiger partial charge >= 0.3 is 0 Å². The maximum atomic E-state index is 9.96. The molecule has 1 atom stereocenters. The minimum atomic E-state index is -0.370. The van der Waals surface area contributed by atoms with Crippen molar-refractivity contribution in [1.29, 1.82) is 5.26 Å². The molecule has 3 nitrogen and oxygen atoms in total. The molecule has 92 valence electrons. The van der Waals surface area contributed by atoms with Gasteiger partial charge in [0.05, 0.1) is 23.4 Å². The predicted molar refractivity (Wildman–Crippen MR) is 70.7 cm³/mol. The molecular weight excluding hydrogens is 224 g/mol. The lowest BCUT2D eigenvalue weighted by molar-refractivity contribution is 0.364. The second-order valence-electron chi connectivity index (χ2n) is 4.53. The molecule has 0 aromatic heterocycles. The molecular formula is C15H16N2O. The quantitative estimate of drug-likeness (QED) is 0.834. The Balaban J connectivity index is 2.33. The third-order valence-electron chi connectivity index (χ3n) is 3.29. The van der Waals surface area contributed by atoms with Crippen LogP contribution in [0, 0.1) is 11.3 Å². The molecule has 0 saturated carbocycles. The number of hydrogen-bond donors (Lipinski definition) is 2. The normalized spacial score (nSPS) is 17.4. The van der Waals surface area contributed by atoms with Crippen LogP contribution in [0.4, 0.5) is 0 Å². The number of allylic oxidation sites excluding steroid dienone is 1. The fraction of sp³-hybridized carbons (Fsp3) is 0.267. The van der Waals surface area contributed by atoms with Crippen LogP contribution >= 0.6 is 0 Å². The predicted octanol–water partition coefficient (Wildman–Crippen LogP) is 3.11. The zero-order chi connectivity index (χ0) is 13.1. The number of aliphatic hydroxyl groups is 1. The Morgan fingerprint density at radius 3 is 2.50 bits per heavy atom. The van der Waals surface area contributed by atoms with Crippen molar-refractivity contribution in [2.45, 2.75) is 25.3 Å². The van der Waals surface area contributed by atoms with Gasteiger partial charge in [0.1, 0.15) is 0 Å². The van der Waals surface area contributed by atoms with Crippen LogP contribution in [-0.2, 0) is 0 Å². The zero-order valence-corrected chi connectivity index (χ0v) is 10.2. The number of aliphatic hydroxyl groups excluding tert-OH is 1. The molecule has 0 aliphatic heterocycles. The lowest BCUT2D eigenvalue weighted by Gasteiger charge is -2.24. The van der Waals surface area contributed by atoms with Crippen LogP contribution in [0.5, 0.6) is 0 Å². The van der Waals surface area contributed by atoms with Gasteiger partial charge in [-0.05, 0) is 36.1 Å². The Hall–Kier alpha value is -2.05. The standard InChI is InChI=1S/C15H16N2O/c1-10-3-2-4-13(18)14(10)15(17)12-7-5-11(9-16)6-8-12/h5-8,15,18H,1-4,17H2. The van der Waals surface area contributed by atoms with Crippen molar-refractivity contribution in [3.05, 3.63) is 58.9 Å². The van der Waals surface area contributed by atoms with Crippen molar-refractivity contribution in [2.24, 2.45) is 5.73 Å². The van der Waals surface area contributed by atoms with Crippen LogP contribution in [0.2, 0.25) is 0 Å². The Morgan fingerprint density at radius 2 is 1.94 bits per heavy atom. The summed E-state index contributed by atoms with van der Waals surface area (Å²) in [5, 5.41) is 18.7. The van der Waals surface area contributed by atoms with Gasteiger partial charge in [-0.15, -0.1) is 0 Å². The van der Waals surface area contributed by atoms with Crippen molar-refractivity contribution in [3.8, 4) is 6.07 Å². The van der Waals surface area contributed by atoms with Crippen LogP contribution in [-0.4, -0.2) is 5.11 Å². The van der Waals surface area contributed by atoms with E-state index in [4.69, 9.17) is 11.0 Å². The van der Waals surface area contributed by atoms with Gasteiger partial charge in [-0.3, -0.25) is 0 Å². The molecule has 1 aliphatic carbocycles. The van der Waals surface area contributed by atoms with Crippen LogP contribution in [0.1, 0.15) is 36.4 Å². The summed E-state index contributed by atoms with van der Waals surface area (Å²) >= 11 is 0. The minimum absolute atomic E-state index is 0.350. The van der Waals surface area contributed by atoms with E-state index >= 15 is 0 Å². The van der Waals surface area contributed by atoms with Crippen molar-refractivity contribution in [3.63, 3.8) is 0 Å². The van der Waals surface area contributed by atoms with Crippen molar-refractivity contribution >= 4 is 0 Å². The van der Waals surface area contributed by atoms with Gasteiger partial charge < -0.3 is 10.8 Å². The van der Waals surface area contributed by atoms with Gasteiger partial charge in [0, 0.05) is 12.0 Å². The third kappa shape index (κ3) is 2.29. The Bertz CT molecular complexity index is 535. The lowest BCUT2D eigenvalue weighted by Crippen LogP contribution is -2.18. The highest BCUT2D eigenvalue weighted by Crippen LogP contribution is 2.34. The van der Waals surface area contributed by atoms with E-state index in [-0.39, 0.29) is 6.04 Å². The summed E-state index contributed by atoms with van der Waals surface area (Å²) in [5.74, 6) is 0.350. The Kier molecular flexibility index (Phi) is 3.50. The lowest BCUT2D eigenvalue weighted by atomic mass is 9.86. The molecule has 1 aromatic carbocycles. The van der Waals surface area contributed by atoms with Crippen LogP contribution < -0.4 is 5.73 Å². The number of nitriles is 1. The molecule has 3 N–H and O–H groups in total. The summed E-state index contributed by atoms with van der Waals surface area (Å²) in [6, 6.07) is 8.82. The molecule has 2 rings (SSSR count). The zero-order valence-electron chi connectivity index (χ0n) is 10.2. The fourth-order valence-electron chi connectivity index (χ4n) is 2.27. The van der Waals surface area contributed by atoms with Gasteiger partial charge in [0.15, 0.2) is 0 Å². The summed E-state index contributed by atoms with van der Waals surface area (Å²) in [5.41, 5.74) is 9.34. The topological polar surface area (TPSA) is 70.0 Å². The molecule has 0 bridgehead atoms. The van der Waals surface area contributed by atoms with Gasteiger partial charge in [-0.25, -0.2) is 0 Å². The maximum absolute atomic E-state index is 9.96. The molecule has 1 aromatic rings. The number of benzene rings is 1. The summed E-state index contributed by atoms with van der Waals surface area (Å²) in [4.78, 5) is 0. The number of hydrogen-bond acceptors (Lipinski definition) is 3. The molecule has 0 fully saturated rings. The SMILES string of the molecule is C=C1CCCC(O)=C1C(N)c1ccc(C#N)cc1. The molecule has 0 radical (unpaired) electrons. The summed E-state index contributed by atoms with van der Waals surface area (Å²) in [6.45, 7) is 3.98. The number of rotatable bonds is 2. The first-order chi connectivity index (χ1) is 8.63. The smallest absolute Gasteiger partial charge is 0.0991 e. The van der Waals surface area contributed by atoms with Crippen LogP contribution in [0.25, 0.3) is 0 Å². The first-order valence-corrected chi connectivity index (χ1v) is 5.99. The van der Waals surface area contributed by atoms with Crippen LogP contribution in [0.3, 0.4) is 0 Å². The van der Waals surface area contributed by atoms with Gasteiger partial charge in [0.25, 0.3) is 0 Å². The molecule has 0 amide bonds. The molecule has 18 heavy (non-hydrogen) atoms. The monoisotopic (exact) mass is 240 g/mol. The average molecular weight is 240 g/mol. The van der Waals surface area contributed by atoms with E-state index in [1.54, 1.807) is 12.1 Å². The second-order valence-corrected chi connectivity index (χ2v) is 4.53. The summed E-state index contributed by atoms with van der Waals surface area (Å²) < 4.78 is 0. The van der Waals surface area contributed by atoms with E-state index in [0.29, 0.717) is 17.7 Å². The van der Waals surface area contributed by atoms with E-state index in [1.165, 1.54) is 0 Å². The second kappa shape index (κ2) is 5.07. The number of nitrogens with zero attached hydrogens (tertiary/aromatic N) is 1. The van der Waals surface area contributed by atoms with Crippen molar-refractivity contribution in [1.82, 2.24) is 0 Å². The van der Waals surface area contributed by atoms with E-state index in [0.717, 1.165) is 29.6 Å². The minimum Gasteiger partial charge on any atom is -0.512 e. The molecule has 0 spiro atoms. The van der Waals surface area contributed by atoms with Crippen molar-refractivity contribution < 1.29 is 5.11 Å². The molecule has 1 unspecified atom stereocenters. The van der Waals surface area contributed by atoms with Gasteiger partial charge in [-0.2, -0.15) is 5.26 Å². The Labute approximate surface area is 107 Å². The van der Waals surface area contributed by atoms with E-state index < -0.39 is 0 Å². The van der Waals surface area contributed by atoms with E-state index in [9.17, 15) is 5.11 Å². The molecule has 1 aliphatic rings. The average Bonchev–Trinajstić information content (AvgIpc) is 2.38. The largest absolute Gasteiger partial charge is 0.512 e. The number of nitrogens with two attached hydrogens (primary N) is 1. The summed E-state index contributed by atoms with van der Waals surface area (Å²) in [7, 11) is 0. The van der Waals surface area contributed by atoms with Gasteiger partial charge in [-0.1, -0.05) is 18.7 Å².